The fraction of sp³-hybridized carbons (Fsp3) is 0.800. The van der Waals surface area contributed by atoms with Crippen LogP contribution in [0.25, 0.3) is 0 Å². The number of hydrogen-bond donors (Lipinski definition) is 1. The number of nitriles is 2. The minimum atomic E-state index is -0.0915. The van der Waals surface area contributed by atoms with Crippen LogP contribution in [0.5, 0.6) is 0 Å². The highest BCUT2D eigenvalue weighted by molar-refractivity contribution is 4.81. The Kier molecular flexibility index (Phi) is 13.4. The summed E-state index contributed by atoms with van der Waals surface area (Å²) in [6.45, 7) is 6.35. The van der Waals surface area contributed by atoms with Crippen LogP contribution in [0.1, 0.15) is 20.8 Å². The number of azo groups is 1. The Balaban J connectivity index is 0. The maximum Gasteiger partial charge on any atom is 0.0754 e. The average molecular weight is 210 g/mol. The summed E-state index contributed by atoms with van der Waals surface area (Å²) in [5.41, 5.74) is 0. The highest BCUT2D eigenvalue weighted by atomic mass is 16.2. The van der Waals surface area contributed by atoms with E-state index in [0.29, 0.717) is 13.1 Å². The third kappa shape index (κ3) is 15.3. The van der Waals surface area contributed by atoms with E-state index in [1.807, 2.05) is 12.1 Å². The summed E-state index contributed by atoms with van der Waals surface area (Å²) >= 11 is 0. The maximum absolute atomic E-state index is 8.39. The first-order chi connectivity index (χ1) is 7.12. The van der Waals surface area contributed by atoms with Crippen LogP contribution < -0.4 is 0 Å². The summed E-state index contributed by atoms with van der Waals surface area (Å²) in [4.78, 5) is 0. The Morgan fingerprint density at radius 3 is 1.53 bits per heavy atom. The van der Waals surface area contributed by atoms with Crippen LogP contribution >= 0.6 is 0 Å². The van der Waals surface area contributed by atoms with Crippen LogP contribution in [-0.2, 0) is 0 Å². The van der Waals surface area contributed by atoms with Crippen LogP contribution in [0.2, 0.25) is 0 Å². The van der Waals surface area contributed by atoms with Crippen molar-refractivity contribution in [3.63, 3.8) is 0 Å². The summed E-state index contributed by atoms with van der Waals surface area (Å²) in [5, 5.41) is 31.9. The summed E-state index contributed by atoms with van der Waals surface area (Å²) in [5.74, 6) is -0.183. The van der Waals surface area contributed by atoms with Crippen molar-refractivity contribution in [1.82, 2.24) is 0 Å². The van der Waals surface area contributed by atoms with Crippen LogP contribution in [-0.4, -0.2) is 24.8 Å². The Morgan fingerprint density at radius 2 is 1.33 bits per heavy atom. The topological polar surface area (TPSA) is 92.5 Å². The molecule has 0 fully saturated rings. The first-order valence-electron chi connectivity index (χ1n) is 4.85. The Morgan fingerprint density at radius 1 is 1.07 bits per heavy atom. The molecule has 0 aromatic carbocycles. The first-order valence-corrected chi connectivity index (χ1v) is 4.85. The molecule has 2 atom stereocenters. The van der Waals surface area contributed by atoms with Gasteiger partial charge in [0.05, 0.1) is 37.1 Å². The zero-order valence-corrected chi connectivity index (χ0v) is 9.51. The maximum atomic E-state index is 8.39. The van der Waals surface area contributed by atoms with E-state index >= 15 is 0 Å². The van der Waals surface area contributed by atoms with Gasteiger partial charge in [-0.3, -0.25) is 0 Å². The molecule has 5 heteroatoms. The molecule has 0 spiro atoms. The molecule has 0 radical (unpaired) electrons. The molecule has 0 saturated heterocycles. The smallest absolute Gasteiger partial charge is 0.0754 e. The summed E-state index contributed by atoms with van der Waals surface area (Å²) in [7, 11) is 0. The van der Waals surface area contributed by atoms with E-state index in [4.69, 9.17) is 15.6 Å². The van der Waals surface area contributed by atoms with Gasteiger partial charge in [-0.2, -0.15) is 20.8 Å². The zero-order chi connectivity index (χ0) is 12.1. The van der Waals surface area contributed by atoms with Crippen LogP contribution in [0.15, 0.2) is 10.2 Å². The van der Waals surface area contributed by atoms with E-state index < -0.39 is 0 Å². The summed E-state index contributed by atoms with van der Waals surface area (Å²) in [6, 6.07) is 4.10. The number of nitrogens with zero attached hydrogens (tertiary/aromatic N) is 4. The van der Waals surface area contributed by atoms with E-state index in [0.717, 1.165) is 0 Å². The van der Waals surface area contributed by atoms with E-state index in [9.17, 15) is 0 Å². The molecule has 1 N–H and O–H groups in total. The van der Waals surface area contributed by atoms with Crippen molar-refractivity contribution >= 4 is 0 Å². The lowest BCUT2D eigenvalue weighted by Crippen LogP contribution is -1.96. The lowest BCUT2D eigenvalue weighted by atomic mass is 10.2. The molecule has 0 aromatic heterocycles. The molecule has 0 rings (SSSR count). The van der Waals surface area contributed by atoms with Crippen molar-refractivity contribution < 1.29 is 5.11 Å². The molecular formula is C10H18N4O. The van der Waals surface area contributed by atoms with Crippen molar-refractivity contribution in [2.75, 3.05) is 19.7 Å². The van der Waals surface area contributed by atoms with Gasteiger partial charge in [-0.1, -0.05) is 0 Å². The fourth-order valence-corrected chi connectivity index (χ4v) is 0.442. The molecule has 5 nitrogen and oxygen atoms in total. The molecule has 15 heavy (non-hydrogen) atoms. The second-order valence-corrected chi connectivity index (χ2v) is 3.02. The van der Waals surface area contributed by atoms with Crippen LogP contribution in [0.4, 0.5) is 0 Å². The third-order valence-corrected chi connectivity index (χ3v) is 1.25. The minimum absolute atomic E-state index is 0.0915. The van der Waals surface area contributed by atoms with E-state index in [2.05, 4.69) is 10.2 Å². The van der Waals surface area contributed by atoms with Gasteiger partial charge in [-0.05, 0) is 20.8 Å². The first kappa shape index (κ1) is 16.0. The van der Waals surface area contributed by atoms with Crippen LogP contribution in [0, 0.1) is 34.5 Å². The van der Waals surface area contributed by atoms with Crippen molar-refractivity contribution in [2.24, 2.45) is 22.1 Å². The second kappa shape index (κ2) is 12.5. The number of hydrogen-bond acceptors (Lipinski definition) is 5. The molecule has 84 valence electrons. The Bertz CT molecular complexity index is 215. The third-order valence-electron chi connectivity index (χ3n) is 1.25. The Labute approximate surface area is 91.1 Å². The SMILES string of the molecule is CC(C#N)CN=NCC(C)C#N.CCO. The average Bonchev–Trinajstić information content (AvgIpc) is 2.24. The van der Waals surface area contributed by atoms with Gasteiger partial charge in [0.15, 0.2) is 0 Å². The van der Waals surface area contributed by atoms with E-state index in [1.165, 1.54) is 0 Å². The molecular weight excluding hydrogens is 192 g/mol. The van der Waals surface area contributed by atoms with Gasteiger partial charge in [0, 0.05) is 6.61 Å². The predicted octanol–water partition coefficient (Wildman–Crippen LogP) is 1.76. The molecule has 0 aliphatic rings. The number of aliphatic hydroxyl groups excluding tert-OH is 1. The van der Waals surface area contributed by atoms with Gasteiger partial charge in [-0.15, -0.1) is 0 Å². The van der Waals surface area contributed by atoms with Crippen LogP contribution in [0.3, 0.4) is 0 Å². The molecule has 0 bridgehead atoms. The lowest BCUT2D eigenvalue weighted by Gasteiger charge is -1.95. The fourth-order valence-electron chi connectivity index (χ4n) is 0.442. The van der Waals surface area contributed by atoms with Crippen molar-refractivity contribution in [1.29, 1.82) is 10.5 Å². The van der Waals surface area contributed by atoms with Gasteiger partial charge in [-0.25, -0.2) is 0 Å². The van der Waals surface area contributed by atoms with E-state index in [1.54, 1.807) is 20.8 Å². The zero-order valence-electron chi connectivity index (χ0n) is 9.51. The standard InChI is InChI=1S/C8H12N4.C2H6O/c1-7(3-9)5-11-12-6-8(2)4-10;1-2-3/h7-8H,5-6H2,1-2H3;3H,2H2,1H3. The molecule has 0 aromatic rings. The van der Waals surface area contributed by atoms with Gasteiger partial charge in [0.1, 0.15) is 0 Å². The van der Waals surface area contributed by atoms with Gasteiger partial charge < -0.3 is 5.11 Å². The van der Waals surface area contributed by atoms with Crippen molar-refractivity contribution in [2.45, 2.75) is 20.8 Å². The quantitative estimate of drug-likeness (QED) is 0.716. The summed E-state index contributed by atoms with van der Waals surface area (Å²) < 4.78 is 0. The number of rotatable bonds is 4. The monoisotopic (exact) mass is 210 g/mol. The van der Waals surface area contributed by atoms with Gasteiger partial charge >= 0.3 is 0 Å². The molecule has 0 aliphatic heterocycles. The van der Waals surface area contributed by atoms with E-state index in [-0.39, 0.29) is 18.4 Å². The molecule has 0 saturated carbocycles. The molecule has 2 unspecified atom stereocenters. The highest BCUT2D eigenvalue weighted by Gasteiger charge is 1.97. The highest BCUT2D eigenvalue weighted by Crippen LogP contribution is 1.96. The second-order valence-electron chi connectivity index (χ2n) is 3.02. The molecule has 0 amide bonds. The van der Waals surface area contributed by atoms with Crippen molar-refractivity contribution in [3.05, 3.63) is 0 Å². The summed E-state index contributed by atoms with van der Waals surface area (Å²) in [6.07, 6.45) is 0. The lowest BCUT2D eigenvalue weighted by molar-refractivity contribution is 0.318. The largest absolute Gasteiger partial charge is 0.397 e. The normalized spacial score (nSPS) is 13.2. The minimum Gasteiger partial charge on any atom is -0.397 e. The van der Waals surface area contributed by atoms with Crippen molar-refractivity contribution in [3.8, 4) is 12.1 Å². The molecule has 0 heterocycles. The predicted molar refractivity (Wildman–Crippen MR) is 56.9 cm³/mol. The molecule has 0 aliphatic carbocycles. The van der Waals surface area contributed by atoms with Gasteiger partial charge in [0.2, 0.25) is 0 Å². The van der Waals surface area contributed by atoms with Gasteiger partial charge in [0.25, 0.3) is 0 Å². The Hall–Kier alpha value is -1.46. The number of aliphatic hydroxyl groups is 1.